The maximum atomic E-state index is 12.0. The summed E-state index contributed by atoms with van der Waals surface area (Å²) in [6, 6.07) is 4.06. The third-order valence-corrected chi connectivity index (χ3v) is 5.57. The number of amides is 1. The van der Waals surface area contributed by atoms with Gasteiger partial charge in [-0.25, -0.2) is 9.78 Å². The van der Waals surface area contributed by atoms with E-state index in [0.717, 1.165) is 48.1 Å². The lowest BCUT2D eigenvalue weighted by Crippen LogP contribution is -2.34. The van der Waals surface area contributed by atoms with E-state index in [0.29, 0.717) is 11.7 Å². The monoisotopic (exact) mass is 397 g/mol. The standard InChI is InChI=1S/C20H27N7O2/c1-4-12(2)23-20(28)29-15-6-5-13(9-15)16-10-17(26-25-16)24-19-18-14(7-8-21-19)11-22-27(18)3/h7-8,10-13,15H,4-6,9H2,1-3H3,(H,23,28)(H2,21,24,25,26). The van der Waals surface area contributed by atoms with E-state index in [1.807, 2.05) is 39.2 Å². The molecular formula is C20H27N7O2. The van der Waals surface area contributed by atoms with Gasteiger partial charge in [-0.15, -0.1) is 0 Å². The Bertz CT molecular complexity index is 996. The number of ether oxygens (including phenoxy) is 1. The van der Waals surface area contributed by atoms with E-state index < -0.39 is 0 Å². The Kier molecular flexibility index (Phi) is 5.37. The molecule has 1 amide bonds. The Balaban J connectivity index is 1.38. The number of anilines is 2. The van der Waals surface area contributed by atoms with Gasteiger partial charge in [0.25, 0.3) is 0 Å². The highest BCUT2D eigenvalue weighted by Crippen LogP contribution is 2.36. The zero-order valence-electron chi connectivity index (χ0n) is 17.0. The van der Waals surface area contributed by atoms with Gasteiger partial charge >= 0.3 is 6.09 Å². The van der Waals surface area contributed by atoms with Gasteiger partial charge in [-0.2, -0.15) is 10.2 Å². The number of fused-ring (bicyclic) bond motifs is 1. The molecule has 9 heteroatoms. The molecule has 0 spiro atoms. The highest BCUT2D eigenvalue weighted by atomic mass is 16.6. The second kappa shape index (κ2) is 8.10. The van der Waals surface area contributed by atoms with Crippen molar-refractivity contribution in [1.29, 1.82) is 0 Å². The Hall–Kier alpha value is -3.10. The lowest BCUT2D eigenvalue weighted by Gasteiger charge is -2.16. The van der Waals surface area contributed by atoms with Crippen molar-refractivity contribution in [3.05, 3.63) is 30.2 Å². The number of aromatic nitrogens is 5. The van der Waals surface area contributed by atoms with Crippen LogP contribution >= 0.6 is 0 Å². The molecule has 0 saturated heterocycles. The molecule has 1 aliphatic rings. The van der Waals surface area contributed by atoms with Crippen molar-refractivity contribution < 1.29 is 9.53 Å². The van der Waals surface area contributed by atoms with Crippen LogP contribution in [0.15, 0.2) is 24.5 Å². The Morgan fingerprint density at radius 1 is 1.45 bits per heavy atom. The highest BCUT2D eigenvalue weighted by Gasteiger charge is 2.30. The molecule has 1 aliphatic carbocycles. The topological polar surface area (TPSA) is 110 Å². The molecule has 3 N–H and O–H groups in total. The number of pyridine rings is 1. The second-order valence-electron chi connectivity index (χ2n) is 7.69. The van der Waals surface area contributed by atoms with E-state index in [-0.39, 0.29) is 18.2 Å². The Morgan fingerprint density at radius 2 is 2.31 bits per heavy atom. The first-order chi connectivity index (χ1) is 14.0. The average Bonchev–Trinajstić information content (AvgIpc) is 3.43. The Morgan fingerprint density at radius 3 is 3.14 bits per heavy atom. The van der Waals surface area contributed by atoms with Gasteiger partial charge in [-0.05, 0) is 38.7 Å². The number of alkyl carbamates (subject to hydrolysis) is 1. The van der Waals surface area contributed by atoms with Gasteiger partial charge in [0.2, 0.25) is 0 Å². The molecule has 3 atom stereocenters. The summed E-state index contributed by atoms with van der Waals surface area (Å²) < 4.78 is 7.36. The first-order valence-corrected chi connectivity index (χ1v) is 10.1. The number of hydrogen-bond donors (Lipinski definition) is 3. The van der Waals surface area contributed by atoms with Crippen LogP contribution in [0.4, 0.5) is 16.4 Å². The minimum absolute atomic E-state index is 0.0615. The summed E-state index contributed by atoms with van der Waals surface area (Å²) in [6.45, 7) is 4.00. The zero-order valence-corrected chi connectivity index (χ0v) is 17.0. The maximum absolute atomic E-state index is 12.0. The fourth-order valence-electron chi connectivity index (χ4n) is 3.76. The second-order valence-corrected chi connectivity index (χ2v) is 7.69. The van der Waals surface area contributed by atoms with Crippen molar-refractivity contribution in [2.75, 3.05) is 5.32 Å². The van der Waals surface area contributed by atoms with Crippen LogP contribution in [0.25, 0.3) is 10.9 Å². The van der Waals surface area contributed by atoms with E-state index in [2.05, 4.69) is 30.9 Å². The normalized spacial score (nSPS) is 20.0. The van der Waals surface area contributed by atoms with Gasteiger partial charge < -0.3 is 15.4 Å². The number of hydrogen-bond acceptors (Lipinski definition) is 6. The number of nitrogens with zero attached hydrogens (tertiary/aromatic N) is 4. The summed E-state index contributed by atoms with van der Waals surface area (Å²) in [6.07, 6.45) is 6.67. The third kappa shape index (κ3) is 4.18. The van der Waals surface area contributed by atoms with Crippen molar-refractivity contribution in [1.82, 2.24) is 30.3 Å². The largest absolute Gasteiger partial charge is 0.446 e. The summed E-state index contributed by atoms with van der Waals surface area (Å²) in [5.41, 5.74) is 1.97. The van der Waals surface area contributed by atoms with Crippen LogP contribution in [0.5, 0.6) is 0 Å². The summed E-state index contributed by atoms with van der Waals surface area (Å²) >= 11 is 0. The number of H-pyrrole nitrogens is 1. The van der Waals surface area contributed by atoms with Crippen LogP contribution in [-0.4, -0.2) is 43.2 Å². The molecular weight excluding hydrogens is 370 g/mol. The van der Waals surface area contributed by atoms with E-state index in [1.165, 1.54) is 0 Å². The van der Waals surface area contributed by atoms with Crippen molar-refractivity contribution >= 4 is 28.6 Å². The molecule has 0 bridgehead atoms. The van der Waals surface area contributed by atoms with Crippen molar-refractivity contribution in [3.8, 4) is 0 Å². The smallest absolute Gasteiger partial charge is 0.407 e. The molecule has 1 saturated carbocycles. The molecule has 1 fully saturated rings. The third-order valence-electron chi connectivity index (χ3n) is 5.57. The molecule has 9 nitrogen and oxygen atoms in total. The van der Waals surface area contributed by atoms with Crippen molar-refractivity contribution in [2.45, 2.75) is 57.6 Å². The predicted molar refractivity (Wildman–Crippen MR) is 110 cm³/mol. The molecule has 154 valence electrons. The summed E-state index contributed by atoms with van der Waals surface area (Å²) in [5, 5.41) is 18.9. The summed E-state index contributed by atoms with van der Waals surface area (Å²) in [7, 11) is 1.89. The predicted octanol–water partition coefficient (Wildman–Crippen LogP) is 3.60. The number of nitrogens with one attached hydrogen (secondary N) is 3. The van der Waals surface area contributed by atoms with Gasteiger partial charge in [-0.1, -0.05) is 6.92 Å². The molecule has 0 radical (unpaired) electrons. The van der Waals surface area contributed by atoms with Crippen LogP contribution in [0.2, 0.25) is 0 Å². The van der Waals surface area contributed by atoms with Crippen LogP contribution in [0, 0.1) is 0 Å². The molecule has 3 aromatic rings. The highest BCUT2D eigenvalue weighted by molar-refractivity contribution is 5.89. The lowest BCUT2D eigenvalue weighted by molar-refractivity contribution is 0.0974. The molecule has 3 aromatic heterocycles. The van der Waals surface area contributed by atoms with Crippen molar-refractivity contribution in [3.63, 3.8) is 0 Å². The SMILES string of the molecule is CCC(C)NC(=O)OC1CCC(c2cc(Nc3nccc4cnn(C)c34)n[nH]2)C1. The molecule has 0 aliphatic heterocycles. The minimum atomic E-state index is -0.327. The number of aryl methyl sites for hydroxylation is 1. The molecule has 3 unspecified atom stereocenters. The van der Waals surface area contributed by atoms with E-state index in [9.17, 15) is 4.79 Å². The van der Waals surface area contributed by atoms with Crippen LogP contribution in [0.1, 0.15) is 51.1 Å². The number of aromatic amines is 1. The van der Waals surface area contributed by atoms with Gasteiger partial charge in [0.05, 0.1) is 6.20 Å². The van der Waals surface area contributed by atoms with Crippen LogP contribution in [0.3, 0.4) is 0 Å². The zero-order chi connectivity index (χ0) is 20.4. The lowest BCUT2D eigenvalue weighted by atomic mass is 10.0. The fraction of sp³-hybridized carbons (Fsp3) is 0.500. The van der Waals surface area contributed by atoms with Gasteiger partial charge in [0.1, 0.15) is 11.6 Å². The van der Waals surface area contributed by atoms with E-state index in [1.54, 1.807) is 10.9 Å². The molecule has 29 heavy (non-hydrogen) atoms. The first kappa shape index (κ1) is 19.2. The van der Waals surface area contributed by atoms with Gasteiger partial charge in [0.15, 0.2) is 11.6 Å². The summed E-state index contributed by atoms with van der Waals surface area (Å²) in [4.78, 5) is 16.4. The first-order valence-electron chi connectivity index (χ1n) is 10.1. The number of rotatable bonds is 6. The molecule has 3 heterocycles. The number of carbonyl (C=O) groups excluding carboxylic acids is 1. The van der Waals surface area contributed by atoms with E-state index >= 15 is 0 Å². The average molecular weight is 397 g/mol. The van der Waals surface area contributed by atoms with E-state index in [4.69, 9.17) is 4.74 Å². The van der Waals surface area contributed by atoms with Crippen LogP contribution in [-0.2, 0) is 11.8 Å². The Labute approximate surface area is 169 Å². The number of carbonyl (C=O) groups is 1. The van der Waals surface area contributed by atoms with Crippen LogP contribution < -0.4 is 10.6 Å². The maximum Gasteiger partial charge on any atom is 0.407 e. The fourth-order valence-corrected chi connectivity index (χ4v) is 3.76. The quantitative estimate of drug-likeness (QED) is 0.586. The van der Waals surface area contributed by atoms with Gasteiger partial charge in [0, 0.05) is 42.4 Å². The molecule has 0 aromatic carbocycles. The summed E-state index contributed by atoms with van der Waals surface area (Å²) in [5.74, 6) is 1.72. The molecule has 4 rings (SSSR count). The minimum Gasteiger partial charge on any atom is -0.446 e. The van der Waals surface area contributed by atoms with Gasteiger partial charge in [-0.3, -0.25) is 9.78 Å². The van der Waals surface area contributed by atoms with Crippen molar-refractivity contribution in [2.24, 2.45) is 7.05 Å².